The Kier molecular flexibility index (Phi) is 10.8. The molecule has 1 amide bonds. The molecule has 0 atom stereocenters. The summed E-state index contributed by atoms with van der Waals surface area (Å²) in [5.41, 5.74) is 2.64. The van der Waals surface area contributed by atoms with Crippen molar-refractivity contribution < 1.29 is 32.2 Å². The molecule has 3 aromatic rings. The molecule has 40 heavy (non-hydrogen) atoms. The van der Waals surface area contributed by atoms with E-state index >= 15 is 0 Å². The molecule has 0 aliphatic carbocycles. The first kappa shape index (κ1) is 30.3. The lowest BCUT2D eigenvalue weighted by Gasteiger charge is -2.13. The molecule has 0 unspecified atom stereocenters. The van der Waals surface area contributed by atoms with E-state index in [1.807, 2.05) is 19.2 Å². The van der Waals surface area contributed by atoms with Crippen molar-refractivity contribution in [1.82, 2.24) is 5.32 Å². The van der Waals surface area contributed by atoms with Gasteiger partial charge in [-0.2, -0.15) is 0 Å². The van der Waals surface area contributed by atoms with Crippen molar-refractivity contribution in [3.63, 3.8) is 0 Å². The molecule has 0 fully saturated rings. The lowest BCUT2D eigenvalue weighted by molar-refractivity contribution is 0.102. The van der Waals surface area contributed by atoms with Crippen molar-refractivity contribution in [2.45, 2.75) is 5.75 Å². The highest BCUT2D eigenvalue weighted by Crippen LogP contribution is 2.35. The summed E-state index contributed by atoms with van der Waals surface area (Å²) in [6.07, 6.45) is 1.43. The van der Waals surface area contributed by atoms with Crippen molar-refractivity contribution in [2.75, 3.05) is 59.2 Å². The minimum atomic E-state index is -3.72. The van der Waals surface area contributed by atoms with Gasteiger partial charge in [0.25, 0.3) is 5.91 Å². The molecule has 3 rings (SSSR count). The SMILES string of the molecule is CNCCNc1ccc(C(=O)Nc2cc(CS(=O)(=O)/C=C\c3c(OC)cc(OC)cc3OC)ccc2OC)cc1. The van der Waals surface area contributed by atoms with Crippen LogP contribution in [-0.4, -0.2) is 62.9 Å². The van der Waals surface area contributed by atoms with E-state index < -0.39 is 9.84 Å². The molecule has 10 nitrogen and oxygen atoms in total. The number of amides is 1. The normalized spacial score (nSPS) is 11.2. The van der Waals surface area contributed by atoms with Crippen LogP contribution in [0.4, 0.5) is 11.4 Å². The van der Waals surface area contributed by atoms with Crippen molar-refractivity contribution in [3.05, 3.63) is 76.7 Å². The number of carbonyl (C=O) groups excluding carboxylic acids is 1. The van der Waals surface area contributed by atoms with Gasteiger partial charge in [-0.25, -0.2) is 8.42 Å². The highest BCUT2D eigenvalue weighted by atomic mass is 32.2. The molecule has 0 heterocycles. The third-order valence-electron chi connectivity index (χ3n) is 5.93. The molecule has 3 aromatic carbocycles. The van der Waals surface area contributed by atoms with E-state index in [-0.39, 0.29) is 11.7 Å². The highest BCUT2D eigenvalue weighted by Gasteiger charge is 2.16. The van der Waals surface area contributed by atoms with Gasteiger partial charge in [-0.05, 0) is 55.1 Å². The summed E-state index contributed by atoms with van der Waals surface area (Å²) in [6, 6.07) is 15.2. The van der Waals surface area contributed by atoms with Crippen molar-refractivity contribution >= 4 is 33.2 Å². The number of methoxy groups -OCH3 is 4. The van der Waals surface area contributed by atoms with E-state index in [1.54, 1.807) is 42.5 Å². The van der Waals surface area contributed by atoms with Gasteiger partial charge in [-0.15, -0.1) is 0 Å². The van der Waals surface area contributed by atoms with Gasteiger partial charge in [0.05, 0.1) is 45.4 Å². The van der Waals surface area contributed by atoms with Gasteiger partial charge in [0, 0.05) is 41.9 Å². The van der Waals surface area contributed by atoms with Crippen LogP contribution < -0.4 is 34.9 Å². The van der Waals surface area contributed by atoms with Crippen LogP contribution in [0.5, 0.6) is 23.0 Å². The number of anilines is 2. The molecule has 3 N–H and O–H groups in total. The summed E-state index contributed by atoms with van der Waals surface area (Å²) >= 11 is 0. The van der Waals surface area contributed by atoms with Gasteiger partial charge in [0.2, 0.25) is 0 Å². The summed E-state index contributed by atoms with van der Waals surface area (Å²) in [5.74, 6) is 1.07. The Bertz CT molecular complexity index is 1410. The van der Waals surface area contributed by atoms with Crippen molar-refractivity contribution in [1.29, 1.82) is 0 Å². The molecule has 0 bridgehead atoms. The van der Waals surface area contributed by atoms with Gasteiger partial charge in [-0.3, -0.25) is 4.79 Å². The maximum atomic E-state index is 13.0. The molecule has 0 aliphatic heterocycles. The van der Waals surface area contributed by atoms with Crippen LogP contribution in [0.15, 0.2) is 60.0 Å². The second-order valence-electron chi connectivity index (χ2n) is 8.65. The van der Waals surface area contributed by atoms with Crippen LogP contribution in [0, 0.1) is 0 Å². The Morgan fingerprint density at radius 3 is 2.05 bits per heavy atom. The first-order valence-corrected chi connectivity index (χ1v) is 14.1. The minimum Gasteiger partial charge on any atom is -0.496 e. The summed E-state index contributed by atoms with van der Waals surface area (Å²) in [4.78, 5) is 12.9. The number of nitrogens with one attached hydrogen (secondary N) is 3. The predicted molar refractivity (Wildman–Crippen MR) is 158 cm³/mol. The molecule has 0 aliphatic rings. The molecule has 0 radical (unpaired) electrons. The summed E-state index contributed by atoms with van der Waals surface area (Å²) in [5, 5.41) is 10.2. The number of rotatable bonds is 14. The zero-order valence-electron chi connectivity index (χ0n) is 23.2. The second-order valence-corrected chi connectivity index (χ2v) is 10.5. The number of hydrogen-bond donors (Lipinski definition) is 3. The standard InChI is InChI=1S/C29H35N3O7S/c1-30-13-14-31-22-9-7-21(8-10-22)29(33)32-25-16-20(6-11-26(25)37-3)19-40(34,35)15-12-24-27(38-4)17-23(36-2)18-28(24)39-5/h6-12,15-18,30-31H,13-14,19H2,1-5H3,(H,32,33)/b15-12-. The Morgan fingerprint density at radius 2 is 1.48 bits per heavy atom. The van der Waals surface area contributed by atoms with Crippen molar-refractivity contribution in [2.24, 2.45) is 0 Å². The van der Waals surface area contributed by atoms with E-state index in [1.165, 1.54) is 34.5 Å². The van der Waals surface area contributed by atoms with E-state index in [0.29, 0.717) is 45.4 Å². The van der Waals surface area contributed by atoms with E-state index in [0.717, 1.165) is 24.2 Å². The number of ether oxygens (including phenoxy) is 4. The third kappa shape index (κ3) is 8.14. The number of carbonyl (C=O) groups is 1. The van der Waals surface area contributed by atoms with Crippen molar-refractivity contribution in [3.8, 4) is 23.0 Å². The fraction of sp³-hybridized carbons (Fsp3) is 0.276. The lowest BCUT2D eigenvalue weighted by atomic mass is 10.1. The highest BCUT2D eigenvalue weighted by molar-refractivity contribution is 7.93. The molecule has 0 spiro atoms. The van der Waals surface area contributed by atoms with Gasteiger partial charge >= 0.3 is 0 Å². The van der Waals surface area contributed by atoms with Crippen LogP contribution in [0.3, 0.4) is 0 Å². The molecular formula is C29H35N3O7S. The van der Waals surface area contributed by atoms with Crippen LogP contribution in [0.1, 0.15) is 21.5 Å². The Hall–Kier alpha value is -4.22. The van der Waals surface area contributed by atoms with Gasteiger partial charge in [0.1, 0.15) is 23.0 Å². The zero-order chi connectivity index (χ0) is 29.1. The molecule has 0 aromatic heterocycles. The minimum absolute atomic E-state index is 0.301. The van der Waals surface area contributed by atoms with Crippen LogP contribution in [0.25, 0.3) is 6.08 Å². The quantitative estimate of drug-likeness (QED) is 0.245. The van der Waals surface area contributed by atoms with E-state index in [9.17, 15) is 13.2 Å². The maximum absolute atomic E-state index is 13.0. The van der Waals surface area contributed by atoms with E-state index in [4.69, 9.17) is 18.9 Å². The molecule has 0 saturated heterocycles. The third-order valence-corrected chi connectivity index (χ3v) is 7.21. The average Bonchev–Trinajstić information content (AvgIpc) is 2.96. The summed E-state index contributed by atoms with van der Waals surface area (Å²) in [6.45, 7) is 1.57. The van der Waals surface area contributed by atoms with Gasteiger partial charge in [0.15, 0.2) is 9.84 Å². The molecule has 11 heteroatoms. The van der Waals surface area contributed by atoms with Crippen LogP contribution in [-0.2, 0) is 15.6 Å². The first-order chi connectivity index (χ1) is 19.2. The van der Waals surface area contributed by atoms with E-state index in [2.05, 4.69) is 16.0 Å². The summed E-state index contributed by atoms with van der Waals surface area (Å²) < 4.78 is 47.4. The molecule has 0 saturated carbocycles. The smallest absolute Gasteiger partial charge is 0.255 e. The topological polar surface area (TPSA) is 124 Å². The van der Waals surface area contributed by atoms with Gasteiger partial charge in [-0.1, -0.05) is 6.07 Å². The number of benzene rings is 3. The van der Waals surface area contributed by atoms with Gasteiger partial charge < -0.3 is 34.9 Å². The number of likely N-dealkylation sites (N-methyl/N-ethyl adjacent to an activating group) is 1. The lowest BCUT2D eigenvalue weighted by Crippen LogP contribution is -2.17. The maximum Gasteiger partial charge on any atom is 0.255 e. The fourth-order valence-corrected chi connectivity index (χ4v) is 4.94. The summed E-state index contributed by atoms with van der Waals surface area (Å²) in [7, 11) is 4.10. The Balaban J connectivity index is 1.78. The second kappa shape index (κ2) is 14.2. The molecular weight excluding hydrogens is 534 g/mol. The average molecular weight is 570 g/mol. The molecule has 214 valence electrons. The largest absolute Gasteiger partial charge is 0.496 e. The number of hydrogen-bond acceptors (Lipinski definition) is 9. The monoisotopic (exact) mass is 569 g/mol. The van der Waals surface area contributed by atoms with Crippen LogP contribution in [0.2, 0.25) is 0 Å². The predicted octanol–water partition coefficient (Wildman–Crippen LogP) is 4.19. The first-order valence-electron chi connectivity index (χ1n) is 12.4. The Morgan fingerprint density at radius 1 is 0.825 bits per heavy atom. The zero-order valence-corrected chi connectivity index (χ0v) is 24.1. The fourth-order valence-electron chi connectivity index (χ4n) is 3.86. The number of sulfone groups is 1. The van der Waals surface area contributed by atoms with Crippen LogP contribution >= 0.6 is 0 Å². The Labute approximate surface area is 235 Å².